The van der Waals surface area contributed by atoms with Gasteiger partial charge in [0.25, 0.3) is 0 Å². The fourth-order valence-corrected chi connectivity index (χ4v) is 3.94. The summed E-state index contributed by atoms with van der Waals surface area (Å²) < 4.78 is 12.2. The molecule has 13 nitrogen and oxygen atoms in total. The number of methoxy groups -OCH3 is 1. The van der Waals surface area contributed by atoms with Crippen LogP contribution >= 0.6 is 0 Å². The van der Waals surface area contributed by atoms with Crippen LogP contribution in [0.2, 0.25) is 0 Å². The minimum Gasteiger partial charge on any atom is -0.486 e. The van der Waals surface area contributed by atoms with Gasteiger partial charge in [-0.05, 0) is 34.4 Å². The van der Waals surface area contributed by atoms with Crippen LogP contribution in [0.4, 0.5) is 0 Å². The van der Waals surface area contributed by atoms with Gasteiger partial charge < -0.3 is 14.4 Å². The molecule has 0 radical (unpaired) electrons. The molecule has 4 heterocycles. The molecule has 0 N–H and O–H groups in total. The summed E-state index contributed by atoms with van der Waals surface area (Å²) in [6.07, 6.45) is 6.05. The Bertz CT molecular complexity index is 1140. The average Bonchev–Trinajstić information content (AvgIpc) is 3.54. The van der Waals surface area contributed by atoms with Crippen molar-refractivity contribution in [3.05, 3.63) is 36.5 Å². The molecule has 1 aliphatic heterocycles. The Hall–Kier alpha value is -3.90. The molecule has 1 amide bonds. The number of carbonyl (C=O) groups excluding carboxylic acids is 2. The van der Waals surface area contributed by atoms with E-state index >= 15 is 0 Å². The lowest BCUT2D eigenvalue weighted by molar-refractivity contribution is -0.156. The molecule has 2 atom stereocenters. The molecule has 13 heteroatoms. The molecule has 1 saturated heterocycles. The second-order valence-corrected chi connectivity index (χ2v) is 9.59. The topological polar surface area (TPSA) is 143 Å². The molecule has 1 unspecified atom stereocenters. The highest BCUT2D eigenvalue weighted by Crippen LogP contribution is 2.30. The number of amides is 1. The Labute approximate surface area is 202 Å². The second kappa shape index (κ2) is 10.2. The molecule has 186 valence electrons. The third kappa shape index (κ3) is 5.97. The lowest BCUT2D eigenvalue weighted by Crippen LogP contribution is -2.51. The molecule has 0 spiro atoms. The predicted molar refractivity (Wildman–Crippen MR) is 121 cm³/mol. The van der Waals surface area contributed by atoms with E-state index in [-0.39, 0.29) is 24.0 Å². The van der Waals surface area contributed by atoms with E-state index in [4.69, 9.17) is 9.47 Å². The Balaban J connectivity index is 1.37. The molecule has 4 rings (SSSR count). The van der Waals surface area contributed by atoms with Gasteiger partial charge in [0.1, 0.15) is 30.4 Å². The van der Waals surface area contributed by atoms with Gasteiger partial charge in [0.2, 0.25) is 5.91 Å². The summed E-state index contributed by atoms with van der Waals surface area (Å²) in [6, 6.07) is 2.71. The summed E-state index contributed by atoms with van der Waals surface area (Å²) in [5, 5.41) is 19.9. The molecule has 1 aliphatic rings. The maximum absolute atomic E-state index is 12.8. The zero-order valence-electron chi connectivity index (χ0n) is 20.2. The minimum atomic E-state index is -0.663. The van der Waals surface area contributed by atoms with Gasteiger partial charge in [0.15, 0.2) is 5.82 Å². The van der Waals surface area contributed by atoms with Crippen molar-refractivity contribution in [3.63, 3.8) is 0 Å². The highest BCUT2D eigenvalue weighted by Gasteiger charge is 2.39. The number of hydrogen-bond donors (Lipinski definition) is 0. The number of piperidine rings is 1. The van der Waals surface area contributed by atoms with Gasteiger partial charge >= 0.3 is 5.97 Å². The number of carbonyl (C=O) groups is 2. The summed E-state index contributed by atoms with van der Waals surface area (Å²) in [4.78, 5) is 32.8. The molecule has 0 saturated carbocycles. The van der Waals surface area contributed by atoms with Gasteiger partial charge in [-0.15, -0.1) is 5.10 Å². The van der Waals surface area contributed by atoms with Gasteiger partial charge in [-0.2, -0.15) is 19.7 Å². The first-order valence-electron chi connectivity index (χ1n) is 11.3. The molecule has 0 bridgehead atoms. The molecule has 0 aromatic carbocycles. The molecule has 1 fully saturated rings. The predicted octanol–water partition coefficient (Wildman–Crippen LogP) is 1.37. The van der Waals surface area contributed by atoms with Gasteiger partial charge in [0, 0.05) is 19.4 Å². The van der Waals surface area contributed by atoms with Crippen molar-refractivity contribution in [1.82, 2.24) is 45.1 Å². The van der Waals surface area contributed by atoms with E-state index in [1.165, 1.54) is 18.1 Å². The van der Waals surface area contributed by atoms with Crippen LogP contribution in [0.1, 0.15) is 51.8 Å². The fraction of sp³-hybridized carbons (Fsp3) is 0.545. The van der Waals surface area contributed by atoms with Crippen molar-refractivity contribution in [3.8, 4) is 11.6 Å². The standard InChI is InChI=1S/C22H29N9O4/c1-22(2,3)10-20(32)29-8-7-16(9-18(29)21(33)34-4)31-25-11-15(26-31)13-35-17-5-6-19(23-12-17)30-14-24-27-28-30/h5-6,11-12,14,16,18H,7-10,13H2,1-4H3/t16-,18?/m1/s1. The second-order valence-electron chi connectivity index (χ2n) is 9.59. The van der Waals surface area contributed by atoms with Crippen LogP contribution in [0.15, 0.2) is 30.9 Å². The van der Waals surface area contributed by atoms with Crippen LogP contribution in [0, 0.1) is 5.41 Å². The van der Waals surface area contributed by atoms with E-state index in [0.29, 0.717) is 43.1 Å². The Kier molecular flexibility index (Phi) is 7.03. The van der Waals surface area contributed by atoms with E-state index in [2.05, 4.69) is 30.7 Å². The van der Waals surface area contributed by atoms with Crippen molar-refractivity contribution in [2.45, 2.75) is 58.7 Å². The molecule has 0 aliphatic carbocycles. The fourth-order valence-electron chi connectivity index (χ4n) is 3.94. The largest absolute Gasteiger partial charge is 0.486 e. The smallest absolute Gasteiger partial charge is 0.328 e. The van der Waals surface area contributed by atoms with E-state index < -0.39 is 12.0 Å². The third-order valence-corrected chi connectivity index (χ3v) is 5.62. The van der Waals surface area contributed by atoms with E-state index in [0.717, 1.165) is 0 Å². The lowest BCUT2D eigenvalue weighted by Gasteiger charge is -2.38. The van der Waals surface area contributed by atoms with E-state index in [1.807, 2.05) is 20.8 Å². The van der Waals surface area contributed by atoms with Crippen molar-refractivity contribution >= 4 is 11.9 Å². The Morgan fingerprint density at radius 3 is 2.69 bits per heavy atom. The minimum absolute atomic E-state index is 0.0476. The maximum atomic E-state index is 12.8. The molecule has 3 aromatic rings. The first-order chi connectivity index (χ1) is 16.7. The summed E-state index contributed by atoms with van der Waals surface area (Å²) in [7, 11) is 1.34. The molecular weight excluding hydrogens is 454 g/mol. The SMILES string of the molecule is COC(=O)C1C[C@H](n2ncc(COc3ccc(-n4cnnn4)nc3)n2)CCN1C(=O)CC(C)(C)C. The van der Waals surface area contributed by atoms with E-state index in [9.17, 15) is 9.59 Å². The van der Waals surface area contributed by atoms with Crippen molar-refractivity contribution in [2.24, 2.45) is 5.41 Å². The summed E-state index contributed by atoms with van der Waals surface area (Å²) in [5.74, 6) is 0.660. The van der Waals surface area contributed by atoms with Gasteiger partial charge in [-0.1, -0.05) is 20.8 Å². The number of tetrazole rings is 1. The monoisotopic (exact) mass is 483 g/mol. The summed E-state index contributed by atoms with van der Waals surface area (Å²) in [6.45, 7) is 6.64. The Morgan fingerprint density at radius 1 is 1.20 bits per heavy atom. The molecule has 35 heavy (non-hydrogen) atoms. The number of nitrogens with zero attached hydrogens (tertiary/aromatic N) is 9. The number of esters is 1. The maximum Gasteiger partial charge on any atom is 0.328 e. The summed E-state index contributed by atoms with van der Waals surface area (Å²) >= 11 is 0. The number of rotatable bonds is 7. The number of hydrogen-bond acceptors (Lipinski definition) is 10. The lowest BCUT2D eigenvalue weighted by atomic mass is 9.90. The first-order valence-corrected chi connectivity index (χ1v) is 11.3. The van der Waals surface area contributed by atoms with Crippen LogP contribution in [-0.4, -0.2) is 76.7 Å². The van der Waals surface area contributed by atoms with Crippen molar-refractivity contribution in [2.75, 3.05) is 13.7 Å². The number of ether oxygens (including phenoxy) is 2. The zero-order chi connectivity index (χ0) is 25.0. The highest BCUT2D eigenvalue weighted by atomic mass is 16.5. The first kappa shape index (κ1) is 24.2. The van der Waals surface area contributed by atoms with Crippen LogP contribution in [0.3, 0.4) is 0 Å². The number of aromatic nitrogens is 8. The van der Waals surface area contributed by atoms with Gasteiger partial charge in [-0.25, -0.2) is 9.78 Å². The number of pyridine rings is 1. The van der Waals surface area contributed by atoms with E-state index in [1.54, 1.807) is 34.2 Å². The van der Waals surface area contributed by atoms with Crippen LogP contribution in [0.5, 0.6) is 5.75 Å². The van der Waals surface area contributed by atoms with Gasteiger partial charge in [0.05, 0.1) is 25.5 Å². The van der Waals surface area contributed by atoms with Crippen LogP contribution in [-0.2, 0) is 20.9 Å². The van der Waals surface area contributed by atoms with Crippen molar-refractivity contribution < 1.29 is 19.1 Å². The normalized spacial score (nSPS) is 18.3. The third-order valence-electron chi connectivity index (χ3n) is 5.62. The van der Waals surface area contributed by atoms with Crippen molar-refractivity contribution in [1.29, 1.82) is 0 Å². The molecule has 3 aromatic heterocycles. The Morgan fingerprint density at radius 2 is 2.03 bits per heavy atom. The molecular formula is C22H29N9O4. The van der Waals surface area contributed by atoms with Gasteiger partial charge in [-0.3, -0.25) is 4.79 Å². The van der Waals surface area contributed by atoms with Crippen LogP contribution < -0.4 is 4.74 Å². The number of likely N-dealkylation sites (tertiary alicyclic amines) is 1. The quantitative estimate of drug-likeness (QED) is 0.452. The zero-order valence-corrected chi connectivity index (χ0v) is 20.2. The highest BCUT2D eigenvalue weighted by molar-refractivity contribution is 5.85. The average molecular weight is 484 g/mol. The summed E-state index contributed by atoms with van der Waals surface area (Å²) in [5.41, 5.74) is 0.464. The van der Waals surface area contributed by atoms with Crippen LogP contribution in [0.25, 0.3) is 5.82 Å².